The molecule has 2 atom stereocenters. The normalized spacial score (nSPS) is 18.2. The summed E-state index contributed by atoms with van der Waals surface area (Å²) in [6, 6.07) is 22.7. The van der Waals surface area contributed by atoms with Gasteiger partial charge in [0.05, 0.1) is 13.7 Å². The molecule has 5 nitrogen and oxygen atoms in total. The smallest absolute Gasteiger partial charge is 0.132 e. The molecule has 0 fully saturated rings. The van der Waals surface area contributed by atoms with Crippen LogP contribution >= 0.6 is 0 Å². The van der Waals surface area contributed by atoms with Crippen LogP contribution in [-0.2, 0) is 22.6 Å². The lowest BCUT2D eigenvalue weighted by Gasteiger charge is -2.44. The number of rotatable bonds is 11. The monoisotopic (exact) mass is 489 g/mol. The third-order valence-electron chi connectivity index (χ3n) is 6.78. The standard InChI is InChI=1S/C31H39NO4/c1-6-7-18-34-29-27-19-25(32-20-23-12-15-26(33-5)16-13-23)14-17-28(27)36-31(3,4)30(29)35-21-24-11-9-8-10-22(24)2/h8-17,19,29-30,32H,6-7,18,20-21H2,1-5H3. The number of hydrogen-bond donors (Lipinski definition) is 1. The first-order valence-corrected chi connectivity index (χ1v) is 12.9. The quantitative estimate of drug-likeness (QED) is 0.288. The number of unbranched alkanes of at least 4 members (excludes halogenated alkanes) is 1. The number of anilines is 1. The Kier molecular flexibility index (Phi) is 8.55. The summed E-state index contributed by atoms with van der Waals surface area (Å²) in [5.41, 5.74) is 5.10. The number of fused-ring (bicyclic) bond motifs is 1. The Balaban J connectivity index is 1.56. The second kappa shape index (κ2) is 11.8. The van der Waals surface area contributed by atoms with Crippen molar-refractivity contribution in [1.82, 2.24) is 0 Å². The Morgan fingerprint density at radius 1 is 0.972 bits per heavy atom. The lowest BCUT2D eigenvalue weighted by molar-refractivity contribution is -0.167. The van der Waals surface area contributed by atoms with Crippen LogP contribution in [0.5, 0.6) is 11.5 Å². The minimum absolute atomic E-state index is 0.220. The molecule has 192 valence electrons. The highest BCUT2D eigenvalue weighted by Gasteiger charge is 2.45. The van der Waals surface area contributed by atoms with Gasteiger partial charge in [-0.25, -0.2) is 0 Å². The molecule has 0 spiro atoms. The van der Waals surface area contributed by atoms with Crippen molar-refractivity contribution in [3.63, 3.8) is 0 Å². The average molecular weight is 490 g/mol. The third-order valence-corrected chi connectivity index (χ3v) is 6.78. The summed E-state index contributed by atoms with van der Waals surface area (Å²) >= 11 is 0. The van der Waals surface area contributed by atoms with E-state index in [1.54, 1.807) is 7.11 Å². The van der Waals surface area contributed by atoms with Gasteiger partial charge in [0.2, 0.25) is 0 Å². The molecular formula is C31H39NO4. The fourth-order valence-corrected chi connectivity index (χ4v) is 4.56. The highest BCUT2D eigenvalue weighted by atomic mass is 16.6. The van der Waals surface area contributed by atoms with Gasteiger partial charge < -0.3 is 24.3 Å². The maximum absolute atomic E-state index is 6.57. The molecule has 0 bridgehead atoms. The molecule has 36 heavy (non-hydrogen) atoms. The topological polar surface area (TPSA) is 49.0 Å². The second-order valence-corrected chi connectivity index (χ2v) is 9.96. The van der Waals surface area contributed by atoms with Gasteiger partial charge >= 0.3 is 0 Å². The van der Waals surface area contributed by atoms with E-state index in [0.29, 0.717) is 19.8 Å². The van der Waals surface area contributed by atoms with Crippen LogP contribution in [0.1, 0.15) is 62.0 Å². The molecule has 5 heteroatoms. The van der Waals surface area contributed by atoms with Gasteiger partial charge in [0.25, 0.3) is 0 Å². The van der Waals surface area contributed by atoms with Crippen LogP contribution in [0.4, 0.5) is 5.69 Å². The summed E-state index contributed by atoms with van der Waals surface area (Å²) in [5, 5.41) is 3.54. The predicted octanol–water partition coefficient (Wildman–Crippen LogP) is 7.23. The minimum Gasteiger partial charge on any atom is -0.497 e. The van der Waals surface area contributed by atoms with Gasteiger partial charge in [-0.1, -0.05) is 49.7 Å². The predicted molar refractivity (Wildman–Crippen MR) is 145 cm³/mol. The van der Waals surface area contributed by atoms with E-state index in [0.717, 1.165) is 35.6 Å². The first-order chi connectivity index (χ1) is 17.4. The summed E-state index contributed by atoms with van der Waals surface area (Å²) in [4.78, 5) is 0. The van der Waals surface area contributed by atoms with Crippen molar-refractivity contribution >= 4 is 5.69 Å². The van der Waals surface area contributed by atoms with E-state index in [2.05, 4.69) is 81.5 Å². The van der Waals surface area contributed by atoms with Crippen LogP contribution in [0.15, 0.2) is 66.7 Å². The lowest BCUT2D eigenvalue weighted by atomic mass is 9.87. The Bertz CT molecular complexity index is 1130. The summed E-state index contributed by atoms with van der Waals surface area (Å²) in [6.07, 6.45) is 1.62. The van der Waals surface area contributed by atoms with Crippen LogP contribution in [0.2, 0.25) is 0 Å². The van der Waals surface area contributed by atoms with Crippen molar-refractivity contribution in [2.45, 2.75) is 71.5 Å². The van der Waals surface area contributed by atoms with Crippen molar-refractivity contribution in [1.29, 1.82) is 0 Å². The zero-order chi connectivity index (χ0) is 25.5. The second-order valence-electron chi connectivity index (χ2n) is 9.96. The van der Waals surface area contributed by atoms with E-state index in [1.807, 2.05) is 18.2 Å². The fraction of sp³-hybridized carbons (Fsp3) is 0.419. The molecule has 0 saturated heterocycles. The molecule has 1 aliphatic rings. The molecule has 0 aromatic heterocycles. The van der Waals surface area contributed by atoms with Crippen molar-refractivity contribution in [2.75, 3.05) is 19.0 Å². The van der Waals surface area contributed by atoms with Crippen LogP contribution in [0.3, 0.4) is 0 Å². The minimum atomic E-state index is -0.537. The lowest BCUT2D eigenvalue weighted by Crippen LogP contribution is -2.51. The summed E-state index contributed by atoms with van der Waals surface area (Å²) < 4.78 is 24.8. The van der Waals surface area contributed by atoms with E-state index in [4.69, 9.17) is 18.9 Å². The van der Waals surface area contributed by atoms with Gasteiger partial charge in [-0.15, -0.1) is 0 Å². The molecule has 3 aromatic carbocycles. The van der Waals surface area contributed by atoms with Crippen molar-refractivity contribution in [2.24, 2.45) is 0 Å². The molecule has 1 heterocycles. The zero-order valence-corrected chi connectivity index (χ0v) is 22.2. The molecule has 3 aromatic rings. The molecular weight excluding hydrogens is 450 g/mol. The van der Waals surface area contributed by atoms with Gasteiger partial charge in [-0.2, -0.15) is 0 Å². The Morgan fingerprint density at radius 3 is 2.47 bits per heavy atom. The zero-order valence-electron chi connectivity index (χ0n) is 22.2. The van der Waals surface area contributed by atoms with E-state index < -0.39 is 5.60 Å². The van der Waals surface area contributed by atoms with Gasteiger partial charge in [0.1, 0.15) is 29.3 Å². The van der Waals surface area contributed by atoms with Crippen LogP contribution in [-0.4, -0.2) is 25.4 Å². The van der Waals surface area contributed by atoms with Crippen LogP contribution in [0, 0.1) is 6.92 Å². The maximum atomic E-state index is 6.57. The molecule has 0 amide bonds. The highest BCUT2D eigenvalue weighted by Crippen LogP contribution is 2.44. The molecule has 1 aliphatic heterocycles. The first-order valence-electron chi connectivity index (χ1n) is 12.9. The molecule has 1 N–H and O–H groups in total. The third kappa shape index (κ3) is 6.21. The van der Waals surface area contributed by atoms with Crippen molar-refractivity contribution in [3.05, 3.63) is 89.0 Å². The van der Waals surface area contributed by atoms with E-state index in [1.165, 1.54) is 16.7 Å². The maximum Gasteiger partial charge on any atom is 0.132 e. The van der Waals surface area contributed by atoms with Gasteiger partial charge in [0, 0.05) is 24.4 Å². The number of aryl methyl sites for hydroxylation is 1. The Morgan fingerprint density at radius 2 is 1.75 bits per heavy atom. The Labute approximate surface area is 215 Å². The van der Waals surface area contributed by atoms with Crippen LogP contribution in [0.25, 0.3) is 0 Å². The van der Waals surface area contributed by atoms with Gasteiger partial charge in [-0.05, 0) is 74.2 Å². The largest absolute Gasteiger partial charge is 0.497 e. The van der Waals surface area contributed by atoms with Gasteiger partial charge in [-0.3, -0.25) is 0 Å². The average Bonchev–Trinajstić information content (AvgIpc) is 2.88. The molecule has 0 saturated carbocycles. The summed E-state index contributed by atoms with van der Waals surface area (Å²) in [5.74, 6) is 1.71. The van der Waals surface area contributed by atoms with E-state index in [-0.39, 0.29) is 12.2 Å². The molecule has 0 radical (unpaired) electrons. The summed E-state index contributed by atoms with van der Waals surface area (Å²) in [7, 11) is 1.68. The molecule has 0 aliphatic carbocycles. The molecule has 2 unspecified atom stereocenters. The van der Waals surface area contributed by atoms with E-state index in [9.17, 15) is 0 Å². The van der Waals surface area contributed by atoms with Crippen LogP contribution < -0.4 is 14.8 Å². The Hall–Kier alpha value is -3.02. The number of benzene rings is 3. The number of methoxy groups -OCH3 is 1. The number of hydrogen-bond acceptors (Lipinski definition) is 5. The highest BCUT2D eigenvalue weighted by molar-refractivity contribution is 5.54. The fourth-order valence-electron chi connectivity index (χ4n) is 4.56. The summed E-state index contributed by atoms with van der Waals surface area (Å²) in [6.45, 7) is 10.4. The SMILES string of the molecule is CCCCOC1c2cc(NCc3ccc(OC)cc3)ccc2OC(C)(C)C1OCc1ccccc1C. The number of nitrogens with one attached hydrogen (secondary N) is 1. The van der Waals surface area contributed by atoms with Crippen molar-refractivity contribution < 1.29 is 18.9 Å². The molecule has 4 rings (SSSR count). The van der Waals surface area contributed by atoms with E-state index >= 15 is 0 Å². The van der Waals surface area contributed by atoms with Gasteiger partial charge in [0.15, 0.2) is 0 Å². The van der Waals surface area contributed by atoms with Crippen molar-refractivity contribution in [3.8, 4) is 11.5 Å². The number of ether oxygens (including phenoxy) is 4. The first kappa shape index (κ1) is 26.1.